The second kappa shape index (κ2) is 12.1. The molecule has 1 saturated carbocycles. The standard InChI is InChI=1S/C28H29F3N2O3S/c1-2-24(34)33(22-11-6-8-20(18-22)28(29,30)31)26(27(35)32-21-9-4-3-5-10-21)19-13-15-23(16-14-19)37-25-12-7-17-36-25/h1,6,8,11,13-16,18,21,25-26H,3-5,7,9-10,12,17H2,(H,32,35). The number of carbonyl (C=O) groups excluding carboxylic acids is 2. The molecule has 0 aromatic heterocycles. The van der Waals surface area contributed by atoms with Gasteiger partial charge < -0.3 is 10.1 Å². The monoisotopic (exact) mass is 530 g/mol. The number of terminal acetylenes is 1. The predicted molar refractivity (Wildman–Crippen MR) is 137 cm³/mol. The van der Waals surface area contributed by atoms with Gasteiger partial charge in [-0.1, -0.05) is 49.2 Å². The molecule has 1 heterocycles. The van der Waals surface area contributed by atoms with Crippen molar-refractivity contribution >= 4 is 29.3 Å². The number of anilines is 1. The van der Waals surface area contributed by atoms with Crippen LogP contribution in [0.3, 0.4) is 0 Å². The van der Waals surface area contributed by atoms with E-state index in [0.717, 1.165) is 73.5 Å². The van der Waals surface area contributed by atoms with Crippen molar-refractivity contribution in [3.63, 3.8) is 0 Å². The second-order valence-electron chi connectivity index (χ2n) is 9.24. The molecule has 9 heteroatoms. The quantitative estimate of drug-likeness (QED) is 0.440. The van der Waals surface area contributed by atoms with Crippen molar-refractivity contribution in [2.45, 2.75) is 73.5 Å². The van der Waals surface area contributed by atoms with Gasteiger partial charge in [0.25, 0.3) is 0 Å². The maximum absolute atomic E-state index is 13.7. The molecular weight excluding hydrogens is 501 g/mol. The number of alkyl halides is 3. The molecule has 1 saturated heterocycles. The lowest BCUT2D eigenvalue weighted by Crippen LogP contribution is -2.47. The highest BCUT2D eigenvalue weighted by Crippen LogP contribution is 2.36. The number of halogens is 3. The van der Waals surface area contributed by atoms with E-state index in [9.17, 15) is 22.8 Å². The first-order chi connectivity index (χ1) is 17.8. The molecule has 0 radical (unpaired) electrons. The Balaban J connectivity index is 1.71. The highest BCUT2D eigenvalue weighted by Gasteiger charge is 2.36. The zero-order chi connectivity index (χ0) is 26.4. The zero-order valence-electron chi connectivity index (χ0n) is 20.3. The van der Waals surface area contributed by atoms with Gasteiger partial charge in [0.2, 0.25) is 5.91 Å². The molecule has 2 aromatic carbocycles. The van der Waals surface area contributed by atoms with Crippen LogP contribution in [0, 0.1) is 12.3 Å². The SMILES string of the molecule is C#CC(=O)N(c1cccc(C(F)(F)F)c1)C(C(=O)NC1CCCCC1)c1ccc(SC2CCCO2)cc1. The Hall–Kier alpha value is -2.96. The molecule has 4 rings (SSSR count). The summed E-state index contributed by atoms with van der Waals surface area (Å²) in [6.45, 7) is 0.722. The fraction of sp³-hybridized carbons (Fsp3) is 0.429. The van der Waals surface area contributed by atoms with Crippen molar-refractivity contribution in [1.82, 2.24) is 5.32 Å². The fourth-order valence-corrected chi connectivity index (χ4v) is 5.80. The van der Waals surface area contributed by atoms with E-state index in [1.807, 2.05) is 18.1 Å². The number of hydrogen-bond acceptors (Lipinski definition) is 4. The van der Waals surface area contributed by atoms with Crippen LogP contribution in [-0.2, 0) is 20.5 Å². The van der Waals surface area contributed by atoms with Crippen molar-refractivity contribution in [3.05, 3.63) is 59.7 Å². The van der Waals surface area contributed by atoms with Gasteiger partial charge in [0.1, 0.15) is 11.5 Å². The van der Waals surface area contributed by atoms with Crippen LogP contribution in [0.15, 0.2) is 53.4 Å². The van der Waals surface area contributed by atoms with Gasteiger partial charge in [-0.25, -0.2) is 0 Å². The molecule has 2 amide bonds. The number of hydrogen-bond donors (Lipinski definition) is 1. The lowest BCUT2D eigenvalue weighted by molar-refractivity contribution is -0.137. The average molecular weight is 531 g/mol. The molecule has 2 atom stereocenters. The Morgan fingerprint density at radius 3 is 2.41 bits per heavy atom. The van der Waals surface area contributed by atoms with Crippen molar-refractivity contribution in [1.29, 1.82) is 0 Å². The second-order valence-corrected chi connectivity index (χ2v) is 10.5. The smallest absolute Gasteiger partial charge is 0.367 e. The largest absolute Gasteiger partial charge is 0.416 e. The molecule has 2 aromatic rings. The van der Waals surface area contributed by atoms with Crippen LogP contribution in [0.25, 0.3) is 0 Å². The molecule has 37 heavy (non-hydrogen) atoms. The van der Waals surface area contributed by atoms with E-state index in [1.165, 1.54) is 12.1 Å². The van der Waals surface area contributed by atoms with E-state index in [4.69, 9.17) is 11.2 Å². The molecular formula is C28H29F3N2O3S. The first-order valence-corrected chi connectivity index (χ1v) is 13.3. The topological polar surface area (TPSA) is 58.6 Å². The molecule has 2 aliphatic rings. The van der Waals surface area contributed by atoms with Crippen molar-refractivity contribution < 1.29 is 27.5 Å². The molecule has 1 aliphatic carbocycles. The Morgan fingerprint density at radius 1 is 1.05 bits per heavy atom. The summed E-state index contributed by atoms with van der Waals surface area (Å²) in [4.78, 5) is 28.6. The number of nitrogens with zero attached hydrogens (tertiary/aromatic N) is 1. The lowest BCUT2D eigenvalue weighted by Gasteiger charge is -2.32. The number of carbonyl (C=O) groups is 2. The first kappa shape index (κ1) is 27.1. The van der Waals surface area contributed by atoms with Crippen LogP contribution < -0.4 is 10.2 Å². The Morgan fingerprint density at radius 2 is 1.78 bits per heavy atom. The number of nitrogens with one attached hydrogen (secondary N) is 1. The van der Waals surface area contributed by atoms with E-state index in [0.29, 0.717) is 5.56 Å². The Labute approximate surface area is 219 Å². The third kappa shape index (κ3) is 6.88. The number of benzene rings is 2. The normalized spacial score (nSPS) is 19.1. The zero-order valence-corrected chi connectivity index (χ0v) is 21.1. The van der Waals surface area contributed by atoms with Crippen LogP contribution in [0.4, 0.5) is 18.9 Å². The van der Waals surface area contributed by atoms with Crippen LogP contribution in [0.1, 0.15) is 62.1 Å². The molecule has 196 valence electrons. The summed E-state index contributed by atoms with van der Waals surface area (Å²) in [6, 6.07) is 10.1. The predicted octanol–water partition coefficient (Wildman–Crippen LogP) is 6.09. The molecule has 2 unspecified atom stereocenters. The van der Waals surface area contributed by atoms with E-state index in [1.54, 1.807) is 23.9 Å². The van der Waals surface area contributed by atoms with E-state index in [2.05, 4.69) is 5.32 Å². The summed E-state index contributed by atoms with van der Waals surface area (Å²) in [6.07, 6.45) is 7.42. The van der Waals surface area contributed by atoms with Gasteiger partial charge in [-0.3, -0.25) is 14.5 Å². The molecule has 5 nitrogen and oxygen atoms in total. The summed E-state index contributed by atoms with van der Waals surface area (Å²) >= 11 is 1.57. The van der Waals surface area contributed by atoms with Crippen LogP contribution in [0.2, 0.25) is 0 Å². The van der Waals surface area contributed by atoms with Crippen LogP contribution in [-0.4, -0.2) is 29.9 Å². The van der Waals surface area contributed by atoms with Gasteiger partial charge in [-0.2, -0.15) is 13.2 Å². The van der Waals surface area contributed by atoms with Crippen molar-refractivity contribution in [2.75, 3.05) is 11.5 Å². The minimum absolute atomic E-state index is 0.0564. The van der Waals surface area contributed by atoms with E-state index in [-0.39, 0.29) is 17.2 Å². The van der Waals surface area contributed by atoms with Crippen molar-refractivity contribution in [2.24, 2.45) is 0 Å². The maximum atomic E-state index is 13.7. The Bertz CT molecular complexity index is 1130. The number of amides is 2. The number of ether oxygens (including phenoxy) is 1. The number of rotatable bonds is 7. The van der Waals surface area contributed by atoms with Gasteiger partial charge in [-0.05, 0) is 67.5 Å². The molecule has 1 aliphatic heterocycles. The molecule has 0 bridgehead atoms. The summed E-state index contributed by atoms with van der Waals surface area (Å²) in [5.41, 5.74) is -0.527. The third-order valence-corrected chi connectivity index (χ3v) is 7.78. The Kier molecular flexibility index (Phi) is 8.83. The minimum Gasteiger partial charge on any atom is -0.367 e. The van der Waals surface area contributed by atoms with Gasteiger partial charge in [0.15, 0.2) is 0 Å². The third-order valence-electron chi connectivity index (χ3n) is 6.60. The summed E-state index contributed by atoms with van der Waals surface area (Å²) in [5.74, 6) is 0.614. The van der Waals surface area contributed by atoms with Gasteiger partial charge >= 0.3 is 12.1 Å². The van der Waals surface area contributed by atoms with E-state index >= 15 is 0 Å². The fourth-order valence-electron chi connectivity index (χ4n) is 4.75. The summed E-state index contributed by atoms with van der Waals surface area (Å²) < 4.78 is 46.1. The summed E-state index contributed by atoms with van der Waals surface area (Å²) in [5, 5.41) is 3.02. The summed E-state index contributed by atoms with van der Waals surface area (Å²) in [7, 11) is 0. The highest BCUT2D eigenvalue weighted by atomic mass is 32.2. The first-order valence-electron chi connectivity index (χ1n) is 12.4. The van der Waals surface area contributed by atoms with Crippen molar-refractivity contribution in [3.8, 4) is 12.3 Å². The lowest BCUT2D eigenvalue weighted by atomic mass is 9.94. The van der Waals surface area contributed by atoms with Crippen LogP contribution in [0.5, 0.6) is 0 Å². The van der Waals surface area contributed by atoms with Gasteiger partial charge in [-0.15, -0.1) is 6.42 Å². The van der Waals surface area contributed by atoms with Gasteiger partial charge in [0, 0.05) is 23.2 Å². The van der Waals surface area contributed by atoms with E-state index < -0.39 is 29.6 Å². The minimum atomic E-state index is -4.62. The average Bonchev–Trinajstić information content (AvgIpc) is 3.40. The maximum Gasteiger partial charge on any atom is 0.416 e. The molecule has 1 N–H and O–H groups in total. The number of thioether (sulfide) groups is 1. The van der Waals surface area contributed by atoms with Gasteiger partial charge in [0.05, 0.1) is 5.56 Å². The molecule has 2 fully saturated rings. The highest BCUT2D eigenvalue weighted by molar-refractivity contribution is 7.99. The molecule has 0 spiro atoms. The van der Waals surface area contributed by atoms with Crippen LogP contribution >= 0.6 is 11.8 Å².